The minimum Gasteiger partial charge on any atom is -0.397 e. The van der Waals surface area contributed by atoms with E-state index in [1.54, 1.807) is 22.9 Å². The number of aliphatic hydroxyl groups excluding tert-OH is 1. The van der Waals surface area contributed by atoms with Crippen molar-refractivity contribution in [2.45, 2.75) is 152 Å². The maximum atomic E-state index is 7.57. The van der Waals surface area contributed by atoms with E-state index in [9.17, 15) is 0 Å². The minimum absolute atomic E-state index is 0.250. The molecule has 330 valence electrons. The van der Waals surface area contributed by atoms with Crippen LogP contribution in [0.5, 0.6) is 0 Å². The van der Waals surface area contributed by atoms with Gasteiger partial charge in [0.05, 0.1) is 0 Å². The Bertz CT molecular complexity index is 1200. The van der Waals surface area contributed by atoms with Crippen molar-refractivity contribution in [3.05, 3.63) is 68.5 Å². The van der Waals surface area contributed by atoms with Crippen molar-refractivity contribution in [3.8, 4) is 0 Å². The fourth-order valence-corrected chi connectivity index (χ4v) is 35.6. The van der Waals surface area contributed by atoms with E-state index in [-0.39, 0.29) is 6.61 Å². The summed E-state index contributed by atoms with van der Waals surface area (Å²) in [5.41, 5.74) is 4.50. The Kier molecular flexibility index (Phi) is 46.4. The van der Waals surface area contributed by atoms with E-state index >= 15 is 0 Å². The fourth-order valence-electron chi connectivity index (χ4n) is 5.95. The number of hydrogen-bond donors (Lipinski definition) is 4. The first-order valence-electron chi connectivity index (χ1n) is 21.5. The summed E-state index contributed by atoms with van der Waals surface area (Å²) in [6, 6.07) is 12.2. The van der Waals surface area contributed by atoms with E-state index in [0.717, 1.165) is 25.2 Å². The second kappa shape index (κ2) is 43.0. The molecule has 0 fully saturated rings. The number of halogens is 4. The van der Waals surface area contributed by atoms with E-state index in [2.05, 4.69) is 139 Å². The topological polar surface area (TPSA) is 109 Å². The molecule has 3 heterocycles. The molecule has 3 aromatic rings. The van der Waals surface area contributed by atoms with Crippen LogP contribution in [0.1, 0.15) is 126 Å². The van der Waals surface area contributed by atoms with E-state index < -0.39 is 35.6 Å². The van der Waals surface area contributed by atoms with Gasteiger partial charge in [0, 0.05) is 35.0 Å². The van der Waals surface area contributed by atoms with Crippen LogP contribution < -0.4 is 19.9 Å². The summed E-state index contributed by atoms with van der Waals surface area (Å²) < 4.78 is 13.4. The fraction of sp³-hybridized carbons (Fsp3) is 0.659. The van der Waals surface area contributed by atoms with Gasteiger partial charge in [-0.2, -0.15) is 0 Å². The predicted molar refractivity (Wildman–Crippen MR) is 273 cm³/mol. The van der Waals surface area contributed by atoms with Gasteiger partial charge in [-0.3, -0.25) is 0 Å². The summed E-state index contributed by atoms with van der Waals surface area (Å²) >= 11 is 5.43. The molecule has 0 aliphatic carbocycles. The number of nitrogens with one attached hydrogen (secondary N) is 2. The van der Waals surface area contributed by atoms with E-state index in [4.69, 9.17) is 14.0 Å². The minimum atomic E-state index is -2.24. The maximum absolute atomic E-state index is 7.57. The van der Waals surface area contributed by atoms with Crippen molar-refractivity contribution in [2.24, 2.45) is 5.73 Å². The van der Waals surface area contributed by atoms with Crippen LogP contribution in [0, 0.1) is 0 Å². The van der Waals surface area contributed by atoms with Crippen LogP contribution in [0.25, 0.3) is 0 Å². The second-order valence-corrected chi connectivity index (χ2v) is 46.1. The van der Waals surface area contributed by atoms with E-state index in [1.165, 1.54) is 111 Å². The van der Waals surface area contributed by atoms with Crippen molar-refractivity contribution in [3.63, 3.8) is 0 Å². The van der Waals surface area contributed by atoms with Gasteiger partial charge in [0.2, 0.25) is 0 Å². The van der Waals surface area contributed by atoms with Crippen molar-refractivity contribution < 1.29 is 5.11 Å². The SMILES string of the molecule is Brc1ccc(Br)nc1.CCC[CH2][Sn]([CH2]CCC)([CH2]CCC)[c]1ccc(NC)nc1.CCC[CH2][Sn]([Cl])([CH2]CCC)[CH2]CCC.CCO.CN.CNc1ccc(Br)cn1. The number of aromatic nitrogens is 3. The zero-order valence-electron chi connectivity index (χ0n) is 37.5. The summed E-state index contributed by atoms with van der Waals surface area (Å²) in [6.07, 6.45) is 22.1. The van der Waals surface area contributed by atoms with Crippen molar-refractivity contribution >= 4 is 108 Å². The molecule has 0 radical (unpaired) electrons. The first-order valence-corrected chi connectivity index (χ1v) is 41.0. The van der Waals surface area contributed by atoms with Gasteiger partial charge in [-0.1, -0.05) is 0 Å². The Morgan fingerprint density at radius 1 is 0.544 bits per heavy atom. The molecule has 3 rings (SSSR count). The molecule has 0 bridgehead atoms. The number of aliphatic hydroxyl groups is 1. The zero-order valence-corrected chi connectivity index (χ0v) is 48.7. The molecular weight excluding hydrogens is 1140 g/mol. The normalized spacial score (nSPS) is 10.4. The van der Waals surface area contributed by atoms with E-state index in [1.807, 2.05) is 38.4 Å². The van der Waals surface area contributed by atoms with Gasteiger partial charge < -0.3 is 16.2 Å². The third-order valence-electron chi connectivity index (χ3n) is 9.27. The Labute approximate surface area is 388 Å². The van der Waals surface area contributed by atoms with Crippen LogP contribution in [0.4, 0.5) is 11.6 Å². The number of nitrogens with zero attached hydrogens (tertiary/aromatic N) is 3. The molecule has 0 unspecified atom stereocenters. The maximum Gasteiger partial charge on any atom is 0.125 e. The molecule has 0 spiro atoms. The second-order valence-electron chi connectivity index (χ2n) is 14.0. The Morgan fingerprint density at radius 3 is 1.14 bits per heavy atom. The van der Waals surface area contributed by atoms with Crippen molar-refractivity contribution in [1.29, 1.82) is 0 Å². The van der Waals surface area contributed by atoms with Gasteiger partial charge in [0.25, 0.3) is 0 Å². The van der Waals surface area contributed by atoms with Gasteiger partial charge in [-0.05, 0) is 86.0 Å². The van der Waals surface area contributed by atoms with Crippen LogP contribution >= 0.6 is 56.7 Å². The number of anilines is 2. The number of hydrogen-bond acceptors (Lipinski definition) is 7. The molecule has 3 aromatic heterocycles. The number of unbranched alkanes of at least 4 members (excludes halogenated alkanes) is 6. The van der Waals surface area contributed by atoms with Crippen molar-refractivity contribution in [2.75, 3.05) is 38.4 Å². The van der Waals surface area contributed by atoms with Crippen LogP contribution in [0.3, 0.4) is 0 Å². The summed E-state index contributed by atoms with van der Waals surface area (Å²) in [6.45, 7) is 15.8. The zero-order chi connectivity index (χ0) is 43.8. The molecule has 0 aliphatic heterocycles. The average Bonchev–Trinajstić information content (AvgIpc) is 3.24. The average molecular weight is 1220 g/mol. The third-order valence-corrected chi connectivity index (χ3v) is 40.7. The Balaban J connectivity index is -0.000000697. The summed E-state index contributed by atoms with van der Waals surface area (Å²) in [5, 5.41) is 13.6. The summed E-state index contributed by atoms with van der Waals surface area (Å²) in [5.74, 6) is 1.89. The standard InChI is InChI=1S/C6H7BrN2.C6H7N2.C5H3Br2N.6C4H9.C2H6O.CH5N.ClH.2Sn/c1-8-6-3-2-5(7)4-9-6;1-7-6-4-2-3-5-8-6;6-4-1-2-5(7)8-3-4;6*1-3-4-2;1-2-3;1-2;;;/h2-4H,1H3,(H,8,9);2,4-5H,1H3,(H,7,8);1-3H;6*1,3-4H2,2H3;3H,2H2,1H3;2H2,1H3;1H;;/q;;;;;;;;;;;;;+1/p-1. The number of nitrogens with two attached hydrogens (primary N) is 1. The molecule has 0 saturated carbocycles. The molecule has 7 nitrogen and oxygen atoms in total. The Morgan fingerprint density at radius 2 is 0.877 bits per heavy atom. The summed E-state index contributed by atoms with van der Waals surface area (Å²) in [7, 11) is 12.2. The molecule has 0 aromatic carbocycles. The quantitative estimate of drug-likeness (QED) is 0.0621. The molecule has 0 saturated heterocycles. The predicted octanol–water partition coefficient (Wildman–Crippen LogP) is 14.8. The smallest absolute Gasteiger partial charge is 0.125 e. The molecule has 0 amide bonds. The summed E-state index contributed by atoms with van der Waals surface area (Å²) in [4.78, 5) is 12.6. The molecule has 13 heteroatoms. The van der Waals surface area contributed by atoms with Crippen LogP contribution in [0.2, 0.25) is 26.6 Å². The van der Waals surface area contributed by atoms with Crippen molar-refractivity contribution in [1.82, 2.24) is 15.0 Å². The molecule has 57 heavy (non-hydrogen) atoms. The van der Waals surface area contributed by atoms with Gasteiger partial charge in [0.1, 0.15) is 10.4 Å². The monoisotopic (exact) mass is 1220 g/mol. The van der Waals surface area contributed by atoms with Gasteiger partial charge in [-0.15, -0.1) is 0 Å². The number of rotatable bonds is 21. The third kappa shape index (κ3) is 33.6. The van der Waals surface area contributed by atoms with Crippen LogP contribution in [-0.2, 0) is 0 Å². The molecular formula is C44H82Br3ClN6OSn2. The molecule has 5 N–H and O–H groups in total. The van der Waals surface area contributed by atoms with Crippen LogP contribution in [0.15, 0.2) is 68.5 Å². The van der Waals surface area contributed by atoms with E-state index in [0.29, 0.717) is 0 Å². The Hall–Kier alpha value is 0.297. The largest absolute Gasteiger partial charge is 0.397 e. The van der Waals surface area contributed by atoms with Gasteiger partial charge in [0.15, 0.2) is 0 Å². The molecule has 0 aliphatic rings. The first kappa shape index (κ1) is 61.6. The van der Waals surface area contributed by atoms with Gasteiger partial charge in [-0.25, -0.2) is 9.97 Å². The van der Waals surface area contributed by atoms with Crippen LogP contribution in [-0.4, -0.2) is 83.4 Å². The molecule has 0 atom stereocenters. The van der Waals surface area contributed by atoms with Gasteiger partial charge >= 0.3 is 235 Å². The number of pyridine rings is 3. The first-order chi connectivity index (χ1) is 27.4.